The molecule has 0 saturated carbocycles. The minimum atomic E-state index is -4.33. The fourth-order valence-corrected chi connectivity index (χ4v) is 1.64. The summed E-state index contributed by atoms with van der Waals surface area (Å²) in [4.78, 5) is 23.2. The molecular weight excluding hydrogens is 273 g/mol. The van der Waals surface area contributed by atoms with Gasteiger partial charge < -0.3 is 15.3 Å². The normalized spacial score (nSPS) is 12.9. The van der Waals surface area contributed by atoms with Crippen molar-refractivity contribution in [3.8, 4) is 0 Å². The molecule has 2 N–H and O–H groups in total. The Kier molecular flexibility index (Phi) is 6.89. The zero-order valence-corrected chi connectivity index (χ0v) is 10.8. The van der Waals surface area contributed by atoms with Crippen LogP contribution in [0.15, 0.2) is 0 Å². The number of thioether (sulfide) groups is 1. The minimum absolute atomic E-state index is 0.177. The van der Waals surface area contributed by atoms with Crippen LogP contribution >= 0.6 is 11.8 Å². The SMILES string of the molecule is CCC(C(=O)O)N(C)C(=O)NCCSC(F)(F)F. The van der Waals surface area contributed by atoms with Gasteiger partial charge in [-0.3, -0.25) is 0 Å². The predicted molar refractivity (Wildman–Crippen MR) is 61.4 cm³/mol. The van der Waals surface area contributed by atoms with Gasteiger partial charge in [-0.15, -0.1) is 0 Å². The van der Waals surface area contributed by atoms with E-state index in [1.807, 2.05) is 0 Å². The molecule has 0 aliphatic carbocycles. The van der Waals surface area contributed by atoms with E-state index in [1.54, 1.807) is 6.92 Å². The van der Waals surface area contributed by atoms with Crippen LogP contribution in [0.5, 0.6) is 0 Å². The summed E-state index contributed by atoms with van der Waals surface area (Å²) >= 11 is -0.242. The van der Waals surface area contributed by atoms with Crippen molar-refractivity contribution in [1.82, 2.24) is 10.2 Å². The monoisotopic (exact) mass is 288 g/mol. The number of carbonyl (C=O) groups excluding carboxylic acids is 1. The molecule has 0 aliphatic heterocycles. The number of carbonyl (C=O) groups is 2. The average Bonchev–Trinajstić information content (AvgIpc) is 2.23. The first-order valence-corrected chi connectivity index (χ1v) is 6.11. The number of alkyl halides is 3. The summed E-state index contributed by atoms with van der Waals surface area (Å²) < 4.78 is 35.4. The molecule has 0 bridgehead atoms. The summed E-state index contributed by atoms with van der Waals surface area (Å²) in [6, 6.07) is -1.69. The summed E-state index contributed by atoms with van der Waals surface area (Å²) in [7, 11) is 1.29. The molecule has 1 unspecified atom stereocenters. The van der Waals surface area contributed by atoms with Crippen LogP contribution in [-0.4, -0.2) is 52.9 Å². The summed E-state index contributed by atoms with van der Waals surface area (Å²) in [6.07, 6.45) is 0.219. The Bertz CT molecular complexity index is 299. The molecule has 9 heteroatoms. The van der Waals surface area contributed by atoms with Crippen LogP contribution in [-0.2, 0) is 4.79 Å². The quantitative estimate of drug-likeness (QED) is 0.730. The first kappa shape index (κ1) is 16.9. The van der Waals surface area contributed by atoms with E-state index >= 15 is 0 Å². The topological polar surface area (TPSA) is 69.6 Å². The summed E-state index contributed by atoms with van der Waals surface area (Å²) in [6.45, 7) is 1.42. The van der Waals surface area contributed by atoms with Gasteiger partial charge in [0.1, 0.15) is 6.04 Å². The molecule has 0 aromatic heterocycles. The Balaban J connectivity index is 4.05. The van der Waals surface area contributed by atoms with E-state index in [4.69, 9.17) is 5.11 Å². The molecule has 0 radical (unpaired) electrons. The highest BCUT2D eigenvalue weighted by atomic mass is 32.2. The second-order valence-electron chi connectivity index (χ2n) is 3.40. The van der Waals surface area contributed by atoms with Crippen LogP contribution < -0.4 is 5.32 Å². The van der Waals surface area contributed by atoms with Gasteiger partial charge in [-0.2, -0.15) is 13.2 Å². The van der Waals surface area contributed by atoms with E-state index in [1.165, 1.54) is 7.05 Å². The van der Waals surface area contributed by atoms with Crippen molar-refractivity contribution in [2.75, 3.05) is 19.3 Å². The molecule has 18 heavy (non-hydrogen) atoms. The van der Waals surface area contributed by atoms with Crippen molar-refractivity contribution >= 4 is 23.8 Å². The second kappa shape index (κ2) is 7.34. The van der Waals surface area contributed by atoms with Gasteiger partial charge >= 0.3 is 17.5 Å². The largest absolute Gasteiger partial charge is 0.480 e. The average molecular weight is 288 g/mol. The van der Waals surface area contributed by atoms with Crippen LogP contribution in [0.2, 0.25) is 0 Å². The van der Waals surface area contributed by atoms with Crippen molar-refractivity contribution < 1.29 is 27.9 Å². The molecule has 0 heterocycles. The highest BCUT2D eigenvalue weighted by molar-refractivity contribution is 8.00. The van der Waals surface area contributed by atoms with Crippen molar-refractivity contribution in [2.24, 2.45) is 0 Å². The number of hydrogen-bond acceptors (Lipinski definition) is 3. The lowest BCUT2D eigenvalue weighted by Crippen LogP contribution is -2.47. The summed E-state index contributed by atoms with van der Waals surface area (Å²) in [5.41, 5.74) is -4.33. The predicted octanol–water partition coefficient (Wildman–Crippen LogP) is 1.74. The van der Waals surface area contributed by atoms with Crippen LogP contribution in [0.25, 0.3) is 0 Å². The number of likely N-dealkylation sites (N-methyl/N-ethyl adjacent to an activating group) is 1. The van der Waals surface area contributed by atoms with E-state index in [-0.39, 0.29) is 30.5 Å². The van der Waals surface area contributed by atoms with Gasteiger partial charge in [0, 0.05) is 19.3 Å². The first-order chi connectivity index (χ1) is 8.19. The fraction of sp³-hybridized carbons (Fsp3) is 0.778. The molecule has 0 saturated heterocycles. The Hall–Kier alpha value is -1.12. The molecular formula is C9H15F3N2O3S. The van der Waals surface area contributed by atoms with Gasteiger partial charge in [0.2, 0.25) is 0 Å². The van der Waals surface area contributed by atoms with E-state index in [0.717, 1.165) is 4.90 Å². The number of amides is 2. The number of rotatable bonds is 6. The standard InChI is InChI=1S/C9H15F3N2O3S/c1-3-6(7(15)16)14(2)8(17)13-4-5-18-9(10,11)12/h6H,3-5H2,1-2H3,(H,13,17)(H,15,16). The maximum atomic E-state index is 11.8. The van der Waals surface area contributed by atoms with Gasteiger partial charge in [-0.25, -0.2) is 9.59 Å². The van der Waals surface area contributed by atoms with E-state index in [9.17, 15) is 22.8 Å². The third kappa shape index (κ3) is 6.58. The Labute approximate surface area is 107 Å². The van der Waals surface area contributed by atoms with E-state index in [2.05, 4.69) is 5.32 Å². The Morgan fingerprint density at radius 1 is 1.44 bits per heavy atom. The third-order valence-electron chi connectivity index (χ3n) is 2.10. The lowest BCUT2D eigenvalue weighted by atomic mass is 10.2. The van der Waals surface area contributed by atoms with Gasteiger partial charge in [0.25, 0.3) is 0 Å². The molecule has 0 aromatic carbocycles. The molecule has 0 aliphatic rings. The number of nitrogens with zero attached hydrogens (tertiary/aromatic N) is 1. The molecule has 0 fully saturated rings. The molecule has 1 atom stereocenters. The van der Waals surface area contributed by atoms with Crippen LogP contribution in [0.1, 0.15) is 13.3 Å². The summed E-state index contributed by atoms with van der Waals surface area (Å²) in [5.74, 6) is -1.47. The van der Waals surface area contributed by atoms with Gasteiger partial charge in [-0.05, 0) is 18.2 Å². The Morgan fingerprint density at radius 3 is 2.39 bits per heavy atom. The number of halogens is 3. The van der Waals surface area contributed by atoms with Crippen molar-refractivity contribution in [3.63, 3.8) is 0 Å². The van der Waals surface area contributed by atoms with Crippen molar-refractivity contribution in [2.45, 2.75) is 24.9 Å². The van der Waals surface area contributed by atoms with Gasteiger partial charge in [-0.1, -0.05) is 6.92 Å². The first-order valence-electron chi connectivity index (χ1n) is 5.13. The molecule has 2 amide bonds. The number of urea groups is 1. The number of hydrogen-bond donors (Lipinski definition) is 2. The zero-order valence-electron chi connectivity index (χ0n) is 9.95. The lowest BCUT2D eigenvalue weighted by Gasteiger charge is -2.23. The van der Waals surface area contributed by atoms with Gasteiger partial charge in [0.15, 0.2) is 0 Å². The third-order valence-corrected chi connectivity index (χ3v) is 2.84. The number of aliphatic carboxylic acids is 1. The zero-order chi connectivity index (χ0) is 14.3. The van der Waals surface area contributed by atoms with E-state index in [0.29, 0.717) is 0 Å². The second-order valence-corrected chi connectivity index (χ2v) is 4.56. The van der Waals surface area contributed by atoms with E-state index < -0.39 is 23.6 Å². The number of carboxylic acids is 1. The molecule has 0 aromatic rings. The maximum absolute atomic E-state index is 11.8. The molecule has 0 spiro atoms. The lowest BCUT2D eigenvalue weighted by molar-refractivity contribution is -0.141. The van der Waals surface area contributed by atoms with Crippen LogP contribution in [0, 0.1) is 0 Å². The number of nitrogens with one attached hydrogen (secondary N) is 1. The number of carboxylic acid groups (broad SMARTS) is 1. The van der Waals surface area contributed by atoms with Crippen molar-refractivity contribution in [1.29, 1.82) is 0 Å². The minimum Gasteiger partial charge on any atom is -0.480 e. The highest BCUT2D eigenvalue weighted by Crippen LogP contribution is 2.29. The van der Waals surface area contributed by atoms with Gasteiger partial charge in [0.05, 0.1) is 0 Å². The Morgan fingerprint density at radius 2 is 2.00 bits per heavy atom. The smallest absolute Gasteiger partial charge is 0.441 e. The van der Waals surface area contributed by atoms with Crippen molar-refractivity contribution in [3.05, 3.63) is 0 Å². The maximum Gasteiger partial charge on any atom is 0.441 e. The molecule has 106 valence electrons. The molecule has 0 rings (SSSR count). The molecule has 5 nitrogen and oxygen atoms in total. The van der Waals surface area contributed by atoms with Crippen LogP contribution in [0.4, 0.5) is 18.0 Å². The summed E-state index contributed by atoms with van der Waals surface area (Å²) in [5, 5.41) is 11.0. The fourth-order valence-electron chi connectivity index (χ4n) is 1.21. The highest BCUT2D eigenvalue weighted by Gasteiger charge is 2.28. The van der Waals surface area contributed by atoms with Crippen LogP contribution in [0.3, 0.4) is 0 Å².